The molecule has 3 rings (SSSR count). The average molecular weight is 427 g/mol. The fourth-order valence-corrected chi connectivity index (χ4v) is 3.80. The van der Waals surface area contributed by atoms with Crippen LogP contribution in [-0.2, 0) is 15.1 Å². The lowest BCUT2D eigenvalue weighted by Crippen LogP contribution is -2.48. The van der Waals surface area contributed by atoms with Gasteiger partial charge in [0.05, 0.1) is 7.11 Å². The van der Waals surface area contributed by atoms with E-state index in [1.165, 1.54) is 0 Å². The Balaban J connectivity index is 1.68. The molecule has 31 heavy (non-hydrogen) atoms. The molecule has 0 saturated carbocycles. The summed E-state index contributed by atoms with van der Waals surface area (Å²) in [5, 5.41) is 2.80. The highest BCUT2D eigenvalue weighted by Gasteiger charge is 2.41. The van der Waals surface area contributed by atoms with Gasteiger partial charge in [0.25, 0.3) is 5.91 Å². The van der Waals surface area contributed by atoms with Crippen LogP contribution in [0.25, 0.3) is 0 Å². The Kier molecular flexibility index (Phi) is 7.89. The van der Waals surface area contributed by atoms with Crippen molar-refractivity contribution in [1.82, 2.24) is 10.2 Å². The third kappa shape index (κ3) is 5.76. The van der Waals surface area contributed by atoms with Gasteiger partial charge >= 0.3 is 6.09 Å². The normalized spacial score (nSPS) is 15.2. The number of ether oxygens (including phenoxy) is 3. The van der Waals surface area contributed by atoms with E-state index in [1.807, 2.05) is 35.2 Å². The predicted molar refractivity (Wildman–Crippen MR) is 117 cm³/mol. The van der Waals surface area contributed by atoms with Crippen LogP contribution in [0.4, 0.5) is 4.79 Å². The van der Waals surface area contributed by atoms with E-state index in [0.29, 0.717) is 56.8 Å². The zero-order chi connectivity index (χ0) is 22.1. The summed E-state index contributed by atoms with van der Waals surface area (Å²) in [6, 6.07) is 16.8. The maximum atomic E-state index is 12.9. The molecular weight excluding hydrogens is 396 g/mol. The number of rotatable bonds is 8. The molecule has 1 saturated heterocycles. The number of carbonyl (C=O) groups excluding carboxylic acids is 2. The molecular formula is C24H30N2O5. The molecule has 0 unspecified atom stereocenters. The fourth-order valence-electron chi connectivity index (χ4n) is 3.80. The summed E-state index contributed by atoms with van der Waals surface area (Å²) < 4.78 is 16.1. The molecule has 0 bridgehead atoms. The van der Waals surface area contributed by atoms with Gasteiger partial charge in [0.15, 0.2) is 0 Å². The molecule has 1 aliphatic rings. The summed E-state index contributed by atoms with van der Waals surface area (Å²) in [5.41, 5.74) is 0.798. The van der Waals surface area contributed by atoms with Gasteiger partial charge in [-0.1, -0.05) is 30.3 Å². The van der Waals surface area contributed by atoms with Crippen LogP contribution < -0.4 is 10.1 Å². The molecule has 2 aromatic carbocycles. The molecule has 7 nitrogen and oxygen atoms in total. The minimum absolute atomic E-state index is 0.0340. The molecule has 1 N–H and O–H groups in total. The summed E-state index contributed by atoms with van der Waals surface area (Å²) >= 11 is 0. The lowest BCUT2D eigenvalue weighted by molar-refractivity contribution is -0.0357. The van der Waals surface area contributed by atoms with Crippen LogP contribution in [-0.4, -0.2) is 57.4 Å². The number of nitrogens with zero attached hydrogens (tertiary/aromatic N) is 1. The summed E-state index contributed by atoms with van der Waals surface area (Å²) in [4.78, 5) is 27.2. The molecule has 0 aromatic heterocycles. The maximum Gasteiger partial charge on any atom is 0.408 e. The van der Waals surface area contributed by atoms with Crippen molar-refractivity contribution in [3.63, 3.8) is 0 Å². The van der Waals surface area contributed by atoms with Crippen LogP contribution in [0.3, 0.4) is 0 Å². The molecule has 2 amide bonds. The maximum absolute atomic E-state index is 12.9. The number of alkyl carbamates (subject to hydrolysis) is 1. The molecule has 0 aliphatic carbocycles. The monoisotopic (exact) mass is 426 g/mol. The van der Waals surface area contributed by atoms with Crippen molar-refractivity contribution in [3.8, 4) is 5.75 Å². The minimum atomic E-state index is -0.761. The SMILES string of the molecule is COCCCNC(=O)OC1(c2ccccc2)CCN(C(=O)c2ccc(OC)cc2)CC1. The van der Waals surface area contributed by atoms with Gasteiger partial charge in [0.2, 0.25) is 0 Å². The largest absolute Gasteiger partial charge is 0.497 e. The molecule has 0 radical (unpaired) electrons. The number of benzene rings is 2. The lowest BCUT2D eigenvalue weighted by atomic mass is 9.84. The number of likely N-dealkylation sites (tertiary alicyclic amines) is 1. The number of methoxy groups -OCH3 is 2. The van der Waals surface area contributed by atoms with E-state index < -0.39 is 11.7 Å². The molecule has 7 heteroatoms. The van der Waals surface area contributed by atoms with E-state index in [9.17, 15) is 9.59 Å². The highest BCUT2D eigenvalue weighted by molar-refractivity contribution is 5.94. The van der Waals surface area contributed by atoms with Crippen molar-refractivity contribution < 1.29 is 23.8 Å². The minimum Gasteiger partial charge on any atom is -0.497 e. The highest BCUT2D eigenvalue weighted by Crippen LogP contribution is 2.37. The summed E-state index contributed by atoms with van der Waals surface area (Å²) in [5.74, 6) is 0.677. The van der Waals surface area contributed by atoms with Gasteiger partial charge in [0.1, 0.15) is 11.4 Å². The van der Waals surface area contributed by atoms with Gasteiger partial charge < -0.3 is 24.4 Å². The zero-order valence-electron chi connectivity index (χ0n) is 18.1. The number of nitrogens with one attached hydrogen (secondary N) is 1. The second kappa shape index (κ2) is 10.8. The van der Waals surface area contributed by atoms with Gasteiger partial charge in [-0.3, -0.25) is 4.79 Å². The van der Waals surface area contributed by atoms with Crippen molar-refractivity contribution in [1.29, 1.82) is 0 Å². The third-order valence-electron chi connectivity index (χ3n) is 5.58. The number of hydrogen-bond donors (Lipinski definition) is 1. The summed E-state index contributed by atoms with van der Waals surface area (Å²) in [6.45, 7) is 2.06. The van der Waals surface area contributed by atoms with Gasteiger partial charge in [-0.05, 0) is 36.2 Å². The van der Waals surface area contributed by atoms with Gasteiger partial charge in [-0.15, -0.1) is 0 Å². The molecule has 0 atom stereocenters. The number of carbonyl (C=O) groups is 2. The Morgan fingerprint density at radius 3 is 2.29 bits per heavy atom. The summed E-state index contributed by atoms with van der Waals surface area (Å²) in [6.07, 6.45) is 1.33. The van der Waals surface area contributed by atoms with Crippen LogP contribution in [0.1, 0.15) is 35.2 Å². The molecule has 2 aromatic rings. The Labute approximate surface area is 183 Å². The quantitative estimate of drug-likeness (QED) is 0.653. The van der Waals surface area contributed by atoms with Gasteiger partial charge in [0, 0.05) is 51.8 Å². The van der Waals surface area contributed by atoms with Crippen LogP contribution in [0.5, 0.6) is 5.75 Å². The van der Waals surface area contributed by atoms with Crippen molar-refractivity contribution in [3.05, 3.63) is 65.7 Å². The summed E-state index contributed by atoms with van der Waals surface area (Å²) in [7, 11) is 3.22. The van der Waals surface area contributed by atoms with E-state index >= 15 is 0 Å². The first-order valence-corrected chi connectivity index (χ1v) is 10.5. The Morgan fingerprint density at radius 2 is 1.68 bits per heavy atom. The van der Waals surface area contributed by atoms with Crippen molar-refractivity contribution in [2.45, 2.75) is 24.9 Å². The molecule has 166 valence electrons. The van der Waals surface area contributed by atoms with Gasteiger partial charge in [-0.25, -0.2) is 4.79 Å². The van der Waals surface area contributed by atoms with Crippen LogP contribution in [0.2, 0.25) is 0 Å². The lowest BCUT2D eigenvalue weighted by Gasteiger charge is -2.41. The van der Waals surface area contributed by atoms with Crippen LogP contribution >= 0.6 is 0 Å². The van der Waals surface area contributed by atoms with Crippen molar-refractivity contribution >= 4 is 12.0 Å². The first-order chi connectivity index (χ1) is 15.1. The zero-order valence-corrected chi connectivity index (χ0v) is 18.1. The van der Waals surface area contributed by atoms with Crippen molar-refractivity contribution in [2.75, 3.05) is 40.5 Å². The van der Waals surface area contributed by atoms with Crippen LogP contribution in [0.15, 0.2) is 54.6 Å². The van der Waals surface area contributed by atoms with Crippen LogP contribution in [0, 0.1) is 0 Å². The second-order valence-corrected chi connectivity index (χ2v) is 7.54. The van der Waals surface area contributed by atoms with E-state index in [-0.39, 0.29) is 5.91 Å². The number of hydrogen-bond acceptors (Lipinski definition) is 5. The third-order valence-corrected chi connectivity index (χ3v) is 5.58. The second-order valence-electron chi connectivity index (χ2n) is 7.54. The number of amides is 2. The average Bonchev–Trinajstić information content (AvgIpc) is 2.82. The smallest absolute Gasteiger partial charge is 0.408 e. The Morgan fingerprint density at radius 1 is 1.00 bits per heavy atom. The van der Waals surface area contributed by atoms with E-state index in [2.05, 4.69) is 5.32 Å². The Hall–Kier alpha value is -3.06. The topological polar surface area (TPSA) is 77.1 Å². The molecule has 1 fully saturated rings. The molecule has 0 spiro atoms. The van der Waals surface area contributed by atoms with Gasteiger partial charge in [-0.2, -0.15) is 0 Å². The predicted octanol–water partition coefficient (Wildman–Crippen LogP) is 3.59. The highest BCUT2D eigenvalue weighted by atomic mass is 16.6. The molecule has 1 aliphatic heterocycles. The standard InChI is InChI=1S/C24H30N2O5/c1-29-18-6-15-25-23(28)31-24(20-7-4-3-5-8-20)13-16-26(17-14-24)22(27)19-9-11-21(30-2)12-10-19/h3-5,7-12H,6,13-18H2,1-2H3,(H,25,28). The van der Waals surface area contributed by atoms with E-state index in [4.69, 9.17) is 14.2 Å². The number of piperidine rings is 1. The first-order valence-electron chi connectivity index (χ1n) is 10.5. The molecule has 1 heterocycles. The fraction of sp³-hybridized carbons (Fsp3) is 0.417. The Bertz CT molecular complexity index is 846. The van der Waals surface area contributed by atoms with Crippen molar-refractivity contribution in [2.24, 2.45) is 0 Å². The first kappa shape index (κ1) is 22.6. The van der Waals surface area contributed by atoms with E-state index in [1.54, 1.807) is 38.5 Å². The van der Waals surface area contributed by atoms with E-state index in [0.717, 1.165) is 5.56 Å².